The summed E-state index contributed by atoms with van der Waals surface area (Å²) >= 11 is 0. The molecule has 0 saturated carbocycles. The van der Waals surface area contributed by atoms with Gasteiger partial charge < -0.3 is 14.2 Å². The second kappa shape index (κ2) is 52.7. The van der Waals surface area contributed by atoms with Gasteiger partial charge in [-0.3, -0.25) is 14.4 Å². The number of hydrogen-bond donors (Lipinski definition) is 0. The number of ether oxygens (including phenoxy) is 3. The molecular formula is C59H96O6. The molecule has 0 fully saturated rings. The quantitative estimate of drug-likeness (QED) is 0.0199. The number of allylic oxidation sites excluding steroid dienone is 18. The molecular weight excluding hydrogens is 805 g/mol. The molecule has 0 rings (SSSR count). The molecule has 0 radical (unpaired) electrons. The summed E-state index contributed by atoms with van der Waals surface area (Å²) in [7, 11) is 0. The van der Waals surface area contributed by atoms with Gasteiger partial charge in [-0.1, -0.05) is 226 Å². The number of esters is 3. The topological polar surface area (TPSA) is 78.9 Å². The largest absolute Gasteiger partial charge is 0.462 e. The van der Waals surface area contributed by atoms with Gasteiger partial charge in [0.25, 0.3) is 0 Å². The van der Waals surface area contributed by atoms with Crippen molar-refractivity contribution in [2.75, 3.05) is 13.2 Å². The van der Waals surface area contributed by atoms with Gasteiger partial charge >= 0.3 is 17.9 Å². The Kier molecular flexibility index (Phi) is 49.5. The molecule has 0 aliphatic rings. The molecule has 368 valence electrons. The van der Waals surface area contributed by atoms with Crippen molar-refractivity contribution < 1.29 is 28.6 Å². The van der Waals surface area contributed by atoms with E-state index in [0.29, 0.717) is 19.3 Å². The van der Waals surface area contributed by atoms with Crippen molar-refractivity contribution in [1.82, 2.24) is 0 Å². The fourth-order valence-electron chi connectivity index (χ4n) is 6.94. The Balaban J connectivity index is 4.53. The van der Waals surface area contributed by atoms with Crippen molar-refractivity contribution in [3.63, 3.8) is 0 Å². The zero-order valence-corrected chi connectivity index (χ0v) is 42.0. The van der Waals surface area contributed by atoms with Crippen LogP contribution in [0.5, 0.6) is 0 Å². The predicted octanol–water partition coefficient (Wildman–Crippen LogP) is 17.5. The van der Waals surface area contributed by atoms with Gasteiger partial charge in [0.2, 0.25) is 0 Å². The standard InChI is InChI=1S/C59H96O6/c1-4-7-10-13-16-19-22-25-27-28-29-30-32-34-37-40-43-46-49-52-58(61)64-55-56(54-63-57(60)51-48-45-42-39-36-33-24-21-18-15-12-9-6-3)65-59(62)53-50-47-44-41-38-35-31-26-23-20-17-14-11-8-5-2/h7,10,13,16,19-20,22-23,25,27-30,32-34,36-37,56H,4-6,8-9,11-12,14-15,17-18,21,24,26,31,35,38-55H2,1-3H3/b10-7-,16-13-,22-19-,23-20-,27-25-,29-28+,32-30-,36-33-,37-34-. The highest BCUT2D eigenvalue weighted by atomic mass is 16.6. The Bertz CT molecular complexity index is 1360. The molecule has 1 atom stereocenters. The molecule has 0 heterocycles. The molecule has 0 N–H and O–H groups in total. The summed E-state index contributed by atoms with van der Waals surface area (Å²) in [6, 6.07) is 0. The molecule has 0 aliphatic heterocycles. The van der Waals surface area contributed by atoms with Crippen LogP contribution < -0.4 is 0 Å². The smallest absolute Gasteiger partial charge is 0.306 e. The van der Waals surface area contributed by atoms with E-state index in [1.807, 2.05) is 72.9 Å². The highest BCUT2D eigenvalue weighted by Crippen LogP contribution is 2.14. The average molecular weight is 901 g/mol. The van der Waals surface area contributed by atoms with Crippen LogP contribution >= 0.6 is 0 Å². The first-order valence-electron chi connectivity index (χ1n) is 26.5. The molecule has 0 aromatic heterocycles. The van der Waals surface area contributed by atoms with Crippen LogP contribution in [0.2, 0.25) is 0 Å². The third kappa shape index (κ3) is 50.9. The van der Waals surface area contributed by atoms with Crippen molar-refractivity contribution in [2.45, 2.75) is 232 Å². The van der Waals surface area contributed by atoms with Crippen LogP contribution in [0.1, 0.15) is 226 Å². The maximum Gasteiger partial charge on any atom is 0.306 e. The van der Waals surface area contributed by atoms with Gasteiger partial charge in [0.15, 0.2) is 6.10 Å². The summed E-state index contributed by atoms with van der Waals surface area (Å²) in [5.74, 6) is -0.973. The van der Waals surface area contributed by atoms with Crippen molar-refractivity contribution in [2.24, 2.45) is 0 Å². The van der Waals surface area contributed by atoms with E-state index in [1.165, 1.54) is 103 Å². The maximum atomic E-state index is 12.8. The average Bonchev–Trinajstić information content (AvgIpc) is 3.30. The number of carbonyl (C=O) groups excluding carboxylic acids is 3. The molecule has 0 amide bonds. The third-order valence-electron chi connectivity index (χ3n) is 10.9. The summed E-state index contributed by atoms with van der Waals surface area (Å²) < 4.78 is 16.8. The van der Waals surface area contributed by atoms with Crippen LogP contribution in [0, 0.1) is 0 Å². The fourth-order valence-corrected chi connectivity index (χ4v) is 6.94. The highest BCUT2D eigenvalue weighted by Gasteiger charge is 2.19. The lowest BCUT2D eigenvalue weighted by molar-refractivity contribution is -0.167. The van der Waals surface area contributed by atoms with E-state index < -0.39 is 6.10 Å². The van der Waals surface area contributed by atoms with Crippen LogP contribution in [-0.4, -0.2) is 37.2 Å². The molecule has 65 heavy (non-hydrogen) atoms. The Labute approximate surface area is 400 Å². The van der Waals surface area contributed by atoms with Gasteiger partial charge in [-0.25, -0.2) is 0 Å². The van der Waals surface area contributed by atoms with E-state index in [-0.39, 0.29) is 31.1 Å². The van der Waals surface area contributed by atoms with Crippen LogP contribution in [0.15, 0.2) is 109 Å². The van der Waals surface area contributed by atoms with E-state index in [2.05, 4.69) is 57.2 Å². The normalized spacial score (nSPS) is 13.0. The molecule has 0 bridgehead atoms. The second-order valence-corrected chi connectivity index (χ2v) is 17.2. The third-order valence-corrected chi connectivity index (χ3v) is 10.9. The minimum Gasteiger partial charge on any atom is -0.462 e. The van der Waals surface area contributed by atoms with Gasteiger partial charge in [-0.05, 0) is 89.9 Å². The molecule has 0 aromatic rings. The Morgan fingerprint density at radius 2 is 0.615 bits per heavy atom. The lowest BCUT2D eigenvalue weighted by Gasteiger charge is -2.18. The minimum absolute atomic E-state index is 0.104. The molecule has 0 spiro atoms. The fraction of sp³-hybridized carbons (Fsp3) is 0.644. The van der Waals surface area contributed by atoms with Gasteiger partial charge in [-0.15, -0.1) is 0 Å². The van der Waals surface area contributed by atoms with Crippen molar-refractivity contribution in [1.29, 1.82) is 0 Å². The molecule has 6 nitrogen and oxygen atoms in total. The van der Waals surface area contributed by atoms with Crippen molar-refractivity contribution in [3.05, 3.63) is 109 Å². The molecule has 1 unspecified atom stereocenters. The molecule has 0 saturated heterocycles. The Morgan fingerprint density at radius 1 is 0.323 bits per heavy atom. The zero-order valence-electron chi connectivity index (χ0n) is 42.0. The van der Waals surface area contributed by atoms with Gasteiger partial charge in [0.05, 0.1) is 0 Å². The number of rotatable bonds is 46. The van der Waals surface area contributed by atoms with Crippen LogP contribution in [0.25, 0.3) is 0 Å². The van der Waals surface area contributed by atoms with Crippen molar-refractivity contribution in [3.8, 4) is 0 Å². The Morgan fingerprint density at radius 3 is 1.02 bits per heavy atom. The first kappa shape index (κ1) is 61.1. The van der Waals surface area contributed by atoms with Gasteiger partial charge in [0.1, 0.15) is 13.2 Å². The summed E-state index contributed by atoms with van der Waals surface area (Å²) in [5, 5.41) is 0. The number of unbranched alkanes of at least 4 members (excludes halogenated alkanes) is 23. The monoisotopic (exact) mass is 901 g/mol. The van der Waals surface area contributed by atoms with E-state index in [4.69, 9.17) is 14.2 Å². The number of hydrogen-bond acceptors (Lipinski definition) is 6. The highest BCUT2D eigenvalue weighted by molar-refractivity contribution is 5.71. The van der Waals surface area contributed by atoms with E-state index >= 15 is 0 Å². The lowest BCUT2D eigenvalue weighted by Crippen LogP contribution is -2.30. The van der Waals surface area contributed by atoms with Crippen LogP contribution in [-0.2, 0) is 28.6 Å². The first-order valence-corrected chi connectivity index (χ1v) is 26.5. The van der Waals surface area contributed by atoms with Gasteiger partial charge in [0, 0.05) is 19.3 Å². The maximum absolute atomic E-state index is 12.8. The second-order valence-electron chi connectivity index (χ2n) is 17.2. The summed E-state index contributed by atoms with van der Waals surface area (Å²) in [4.78, 5) is 38.0. The van der Waals surface area contributed by atoms with Crippen LogP contribution in [0.3, 0.4) is 0 Å². The predicted molar refractivity (Wildman–Crippen MR) is 279 cm³/mol. The van der Waals surface area contributed by atoms with Crippen molar-refractivity contribution >= 4 is 17.9 Å². The Hall–Kier alpha value is -3.93. The SMILES string of the molecule is CC\C=C/C=C\C=C/C=C\C=C\C=C/C=C\CCCCCC(=O)OCC(COC(=O)CCCCC/C=C\CCCCCCCC)OC(=O)CCCCCCCCC/C=C\CCCCCC. The molecule has 6 heteroatoms. The molecule has 0 aromatic carbocycles. The van der Waals surface area contributed by atoms with Crippen LogP contribution in [0.4, 0.5) is 0 Å². The molecule has 0 aliphatic carbocycles. The van der Waals surface area contributed by atoms with Gasteiger partial charge in [-0.2, -0.15) is 0 Å². The van der Waals surface area contributed by atoms with E-state index in [1.54, 1.807) is 0 Å². The first-order chi connectivity index (χ1) is 32.0. The number of carbonyl (C=O) groups is 3. The lowest BCUT2D eigenvalue weighted by atomic mass is 10.1. The minimum atomic E-state index is -0.807. The zero-order chi connectivity index (χ0) is 47.2. The van der Waals surface area contributed by atoms with E-state index in [9.17, 15) is 14.4 Å². The summed E-state index contributed by atoms with van der Waals surface area (Å²) in [6.07, 6.45) is 70.6. The summed E-state index contributed by atoms with van der Waals surface area (Å²) in [5.41, 5.74) is 0. The summed E-state index contributed by atoms with van der Waals surface area (Å²) in [6.45, 7) is 6.41. The van der Waals surface area contributed by atoms with E-state index in [0.717, 1.165) is 83.5 Å².